The average Bonchev–Trinajstić information content (AvgIpc) is 2.59. The topological polar surface area (TPSA) is 39.9 Å². The number of hydrogen-bond donors (Lipinski definition) is 0. The molecule has 1 atom stereocenters. The van der Waals surface area contributed by atoms with E-state index >= 15 is 0 Å². The van der Waals surface area contributed by atoms with E-state index in [-0.39, 0.29) is 0 Å². The lowest BCUT2D eigenvalue weighted by Gasteiger charge is -2.24. The molecular weight excluding hydrogens is 286 g/mol. The van der Waals surface area contributed by atoms with E-state index in [9.17, 15) is 0 Å². The number of hydrogen-bond acceptors (Lipinski definition) is 5. The summed E-state index contributed by atoms with van der Waals surface area (Å²) in [6, 6.07) is 2.18. The number of nitriles is 1. The Labute approximate surface area is 121 Å². The Balaban J connectivity index is 2.17. The molecule has 1 unspecified atom stereocenters. The minimum Gasteiger partial charge on any atom is -0.360 e. The zero-order chi connectivity index (χ0) is 13.0. The number of rotatable bonds is 3. The molecule has 1 aliphatic heterocycles. The Hall–Kier alpha value is -0.440. The van der Waals surface area contributed by atoms with Crippen LogP contribution in [0.3, 0.4) is 0 Å². The highest BCUT2D eigenvalue weighted by Gasteiger charge is 2.23. The van der Waals surface area contributed by atoms with Crippen LogP contribution >= 0.6 is 34.9 Å². The molecule has 6 heteroatoms. The Bertz CT molecular complexity index is 441. The van der Waals surface area contributed by atoms with Crippen molar-refractivity contribution in [3.8, 4) is 6.07 Å². The van der Waals surface area contributed by atoms with Gasteiger partial charge in [-0.1, -0.05) is 24.9 Å². The van der Waals surface area contributed by atoms with Gasteiger partial charge in [-0.2, -0.15) is 21.4 Å². The number of nitrogens with zero attached hydrogens (tertiary/aromatic N) is 3. The monoisotopic (exact) mass is 301 g/mol. The molecule has 0 saturated carbocycles. The van der Waals surface area contributed by atoms with Crippen molar-refractivity contribution < 1.29 is 0 Å². The van der Waals surface area contributed by atoms with Gasteiger partial charge < -0.3 is 4.90 Å². The van der Waals surface area contributed by atoms with Gasteiger partial charge in [0.1, 0.15) is 16.6 Å². The summed E-state index contributed by atoms with van der Waals surface area (Å²) in [5.41, 5.74) is 0.545. The number of thioether (sulfide) groups is 1. The number of anilines is 1. The quantitative estimate of drug-likeness (QED) is 0.852. The maximum absolute atomic E-state index is 9.16. The van der Waals surface area contributed by atoms with E-state index in [1.807, 2.05) is 11.8 Å². The van der Waals surface area contributed by atoms with Gasteiger partial charge >= 0.3 is 0 Å². The summed E-state index contributed by atoms with van der Waals surface area (Å²) >= 11 is 9.31. The zero-order valence-electron chi connectivity index (χ0n) is 10.4. The van der Waals surface area contributed by atoms with E-state index in [2.05, 4.69) is 22.3 Å². The van der Waals surface area contributed by atoms with Crippen LogP contribution in [-0.2, 0) is 0 Å². The van der Waals surface area contributed by atoms with Gasteiger partial charge in [-0.15, -0.1) is 0 Å². The molecular formula is C12H16ClN3S2. The van der Waals surface area contributed by atoms with Crippen LogP contribution in [0.25, 0.3) is 0 Å². The summed E-state index contributed by atoms with van der Waals surface area (Å²) in [7, 11) is 0. The lowest BCUT2D eigenvalue weighted by molar-refractivity contribution is 0.736. The average molecular weight is 302 g/mol. The minimum absolute atomic E-state index is 0.349. The van der Waals surface area contributed by atoms with Crippen LogP contribution in [0.5, 0.6) is 0 Å². The molecule has 0 bridgehead atoms. The molecule has 1 aromatic heterocycles. The highest BCUT2D eigenvalue weighted by Crippen LogP contribution is 2.34. The Morgan fingerprint density at radius 2 is 2.44 bits per heavy atom. The minimum atomic E-state index is 0.349. The number of halogens is 1. The lowest BCUT2D eigenvalue weighted by Crippen LogP contribution is -2.29. The van der Waals surface area contributed by atoms with Crippen LogP contribution in [0.1, 0.15) is 31.7 Å². The van der Waals surface area contributed by atoms with Crippen LogP contribution in [0.15, 0.2) is 0 Å². The molecule has 1 saturated heterocycles. The molecule has 0 amide bonds. The number of aromatic nitrogens is 1. The fourth-order valence-corrected chi connectivity index (χ4v) is 4.39. The van der Waals surface area contributed by atoms with E-state index < -0.39 is 0 Å². The third-order valence-corrected chi connectivity index (χ3v) is 5.53. The Morgan fingerprint density at radius 3 is 3.17 bits per heavy atom. The third kappa shape index (κ3) is 3.11. The van der Waals surface area contributed by atoms with Gasteiger partial charge in [-0.05, 0) is 30.1 Å². The third-order valence-electron chi connectivity index (χ3n) is 3.06. The Kier molecular flexibility index (Phi) is 5.16. The zero-order valence-corrected chi connectivity index (χ0v) is 12.7. The van der Waals surface area contributed by atoms with Crippen molar-refractivity contribution in [1.29, 1.82) is 5.26 Å². The van der Waals surface area contributed by atoms with E-state index in [4.69, 9.17) is 16.9 Å². The van der Waals surface area contributed by atoms with Gasteiger partial charge in [0.05, 0.1) is 0 Å². The van der Waals surface area contributed by atoms with Crippen molar-refractivity contribution in [3.05, 3.63) is 10.7 Å². The first kappa shape index (κ1) is 14.0. The van der Waals surface area contributed by atoms with Gasteiger partial charge in [-0.25, -0.2) is 0 Å². The SMILES string of the molecule is CCSC1CCCCN(c2snc(Cl)c2C#N)C1. The molecule has 0 aliphatic carbocycles. The largest absolute Gasteiger partial charge is 0.360 e. The van der Waals surface area contributed by atoms with Gasteiger partial charge in [0.2, 0.25) is 0 Å². The van der Waals surface area contributed by atoms with Gasteiger partial charge in [0, 0.05) is 18.3 Å². The van der Waals surface area contributed by atoms with E-state index in [1.165, 1.54) is 30.8 Å². The van der Waals surface area contributed by atoms with Crippen LogP contribution in [0.2, 0.25) is 5.15 Å². The van der Waals surface area contributed by atoms with Gasteiger partial charge in [0.25, 0.3) is 0 Å². The lowest BCUT2D eigenvalue weighted by atomic mass is 10.2. The molecule has 3 nitrogen and oxygen atoms in total. The van der Waals surface area contributed by atoms with E-state index in [0.717, 1.165) is 23.8 Å². The predicted molar refractivity (Wildman–Crippen MR) is 79.8 cm³/mol. The van der Waals surface area contributed by atoms with E-state index in [1.54, 1.807) is 0 Å². The van der Waals surface area contributed by atoms with Crippen LogP contribution in [-0.4, -0.2) is 28.5 Å². The molecule has 0 radical (unpaired) electrons. The summed E-state index contributed by atoms with van der Waals surface area (Å²) in [5.74, 6) is 1.15. The molecule has 0 spiro atoms. The van der Waals surface area contributed by atoms with Crippen molar-refractivity contribution in [3.63, 3.8) is 0 Å². The summed E-state index contributed by atoms with van der Waals surface area (Å²) < 4.78 is 4.10. The molecule has 98 valence electrons. The summed E-state index contributed by atoms with van der Waals surface area (Å²) in [5, 5.41) is 11.1. The smallest absolute Gasteiger partial charge is 0.162 e. The first-order valence-corrected chi connectivity index (χ1v) is 8.38. The van der Waals surface area contributed by atoms with Crippen LogP contribution < -0.4 is 4.90 Å². The van der Waals surface area contributed by atoms with Crippen molar-refractivity contribution in [2.24, 2.45) is 0 Å². The predicted octanol–water partition coefficient (Wildman–Crippen LogP) is 3.78. The second-order valence-electron chi connectivity index (χ2n) is 4.28. The molecule has 1 fully saturated rings. The molecule has 18 heavy (non-hydrogen) atoms. The molecule has 1 aliphatic rings. The van der Waals surface area contributed by atoms with Gasteiger partial charge in [-0.3, -0.25) is 0 Å². The van der Waals surface area contributed by atoms with Crippen molar-refractivity contribution in [2.45, 2.75) is 31.4 Å². The first-order valence-electron chi connectivity index (χ1n) is 6.18. The van der Waals surface area contributed by atoms with Crippen molar-refractivity contribution in [2.75, 3.05) is 23.7 Å². The van der Waals surface area contributed by atoms with Crippen molar-refractivity contribution in [1.82, 2.24) is 4.37 Å². The fraction of sp³-hybridized carbons (Fsp3) is 0.667. The summed E-state index contributed by atoms with van der Waals surface area (Å²) in [4.78, 5) is 2.29. The molecule has 2 heterocycles. The second kappa shape index (κ2) is 6.65. The summed E-state index contributed by atoms with van der Waals surface area (Å²) in [6.07, 6.45) is 3.72. The molecule has 2 rings (SSSR count). The summed E-state index contributed by atoms with van der Waals surface area (Å²) in [6.45, 7) is 4.21. The molecule has 1 aromatic rings. The molecule has 0 N–H and O–H groups in total. The highest BCUT2D eigenvalue weighted by molar-refractivity contribution is 7.99. The van der Waals surface area contributed by atoms with Gasteiger partial charge in [0.15, 0.2) is 5.15 Å². The maximum Gasteiger partial charge on any atom is 0.162 e. The van der Waals surface area contributed by atoms with Crippen molar-refractivity contribution >= 4 is 39.9 Å². The fourth-order valence-electron chi connectivity index (χ4n) is 2.23. The normalized spacial score (nSPS) is 20.5. The maximum atomic E-state index is 9.16. The van der Waals surface area contributed by atoms with E-state index in [0.29, 0.717) is 16.0 Å². The Morgan fingerprint density at radius 1 is 1.61 bits per heavy atom. The van der Waals surface area contributed by atoms with Crippen LogP contribution in [0.4, 0.5) is 5.00 Å². The van der Waals surface area contributed by atoms with Crippen LogP contribution in [0, 0.1) is 11.3 Å². The standard InChI is InChI=1S/C12H16ClN3S2/c1-2-17-9-5-3-4-6-16(8-9)12-10(7-14)11(13)15-18-12/h9H,2-6,8H2,1H3. The molecule has 0 aromatic carbocycles. The second-order valence-corrected chi connectivity index (χ2v) is 6.97. The highest BCUT2D eigenvalue weighted by atomic mass is 35.5. The first-order chi connectivity index (χ1) is 8.76.